The Morgan fingerprint density at radius 1 is 1.12 bits per heavy atom. The average Bonchev–Trinajstić information content (AvgIpc) is 3.56. The lowest BCUT2D eigenvalue weighted by atomic mass is 9.83. The van der Waals surface area contributed by atoms with Gasteiger partial charge in [0.1, 0.15) is 5.69 Å². The quantitative estimate of drug-likeness (QED) is 0.140. The molecule has 10 heteroatoms. The van der Waals surface area contributed by atoms with Crippen LogP contribution in [0.4, 0.5) is 0 Å². The van der Waals surface area contributed by atoms with E-state index in [1.807, 2.05) is 49.3 Å². The topological polar surface area (TPSA) is 109 Å². The Morgan fingerprint density at radius 3 is 2.47 bits per heavy atom. The Bertz CT molecular complexity index is 1410. The molecule has 5 atom stereocenters. The molecule has 1 saturated heterocycles. The lowest BCUT2D eigenvalue weighted by Gasteiger charge is -2.37. The van der Waals surface area contributed by atoms with Crippen molar-refractivity contribution in [2.45, 2.75) is 111 Å². The molecule has 3 rings (SSSR count). The van der Waals surface area contributed by atoms with Crippen LogP contribution in [0.25, 0.3) is 0 Å². The number of likely N-dealkylation sites (tertiary alicyclic amines) is 1. The first-order valence-corrected chi connectivity index (χ1v) is 18.9. The second kappa shape index (κ2) is 19.7. The summed E-state index contributed by atoms with van der Waals surface area (Å²) in [6, 6.07) is 9.22. The number of carbonyl (C=O) groups is 4. The molecule has 0 spiro atoms. The van der Waals surface area contributed by atoms with Gasteiger partial charge < -0.3 is 15.0 Å². The minimum absolute atomic E-state index is 0.0368. The molecule has 0 saturated carbocycles. The number of rotatable bonds is 18. The third-order valence-electron chi connectivity index (χ3n) is 9.93. The van der Waals surface area contributed by atoms with Crippen LogP contribution in [0.5, 0.6) is 0 Å². The SMILES string of the molecule is CCOC(=O)/C(C)=C/[C@H](Cc1ccccc1)NC(=O)c1csc(CC[C@H](C(C)C)N(C)C(=O)[C@@H](CC(=O)[C@H]2CCCCN2C)[C@@H](C)CC)n1. The molecule has 1 N–H and O–H groups in total. The fourth-order valence-electron chi connectivity index (χ4n) is 6.73. The Morgan fingerprint density at radius 2 is 1.84 bits per heavy atom. The van der Waals surface area contributed by atoms with E-state index in [4.69, 9.17) is 4.74 Å². The van der Waals surface area contributed by atoms with Gasteiger partial charge in [-0.25, -0.2) is 9.78 Å². The molecule has 2 aromatic rings. The molecule has 9 nitrogen and oxygen atoms in total. The van der Waals surface area contributed by atoms with E-state index in [1.54, 1.807) is 25.3 Å². The van der Waals surface area contributed by atoms with Crippen LogP contribution < -0.4 is 5.32 Å². The summed E-state index contributed by atoms with van der Waals surface area (Å²) >= 11 is 1.43. The van der Waals surface area contributed by atoms with E-state index in [2.05, 4.69) is 42.9 Å². The number of amides is 2. The predicted octanol–water partition coefficient (Wildman–Crippen LogP) is 6.52. The summed E-state index contributed by atoms with van der Waals surface area (Å²) in [7, 11) is 3.89. The van der Waals surface area contributed by atoms with E-state index in [-0.39, 0.29) is 60.5 Å². The zero-order chi connectivity index (χ0) is 36.1. The molecule has 1 fully saturated rings. The number of hydrogen-bond acceptors (Lipinski definition) is 8. The van der Waals surface area contributed by atoms with Crippen molar-refractivity contribution in [1.82, 2.24) is 20.1 Å². The Hall–Kier alpha value is -3.37. The zero-order valence-electron chi connectivity index (χ0n) is 30.9. The van der Waals surface area contributed by atoms with Gasteiger partial charge in [0.15, 0.2) is 5.78 Å². The molecule has 2 heterocycles. The molecular formula is C39H58N4O5S. The Labute approximate surface area is 297 Å². The standard InChI is InChI=1S/C39H58N4O5S/c1-9-27(5)31(24-35(44)34-18-14-15-21-42(34)7)38(46)43(8)33(26(3)4)19-20-36-41-32(25-49-36)37(45)40-30(22-28(6)39(47)48-10-2)23-29-16-12-11-13-17-29/h11-13,16-17,22,25-27,30-31,33-34H,9-10,14-15,18-21,23-24H2,1-8H3,(H,40,45)/b28-22+/t27-,30+,31-,33+,34+/m0/s1. The molecular weight excluding hydrogens is 637 g/mol. The van der Waals surface area contributed by atoms with Gasteiger partial charge in [0.25, 0.3) is 5.91 Å². The average molecular weight is 695 g/mol. The molecule has 0 aliphatic carbocycles. The summed E-state index contributed by atoms with van der Waals surface area (Å²) in [5, 5.41) is 5.63. The van der Waals surface area contributed by atoms with Crippen LogP contribution in [-0.4, -0.2) is 83.7 Å². The van der Waals surface area contributed by atoms with Crippen LogP contribution >= 0.6 is 11.3 Å². The molecule has 1 aromatic heterocycles. The molecule has 2 amide bonds. The van der Waals surface area contributed by atoms with Gasteiger partial charge in [0, 0.05) is 42.8 Å². The number of nitrogens with zero attached hydrogens (tertiary/aromatic N) is 3. The first kappa shape index (κ1) is 40.1. The van der Waals surface area contributed by atoms with E-state index in [1.165, 1.54) is 11.3 Å². The van der Waals surface area contributed by atoms with Crippen molar-refractivity contribution >= 4 is 34.9 Å². The van der Waals surface area contributed by atoms with E-state index >= 15 is 0 Å². The first-order valence-electron chi connectivity index (χ1n) is 18.0. The Balaban J connectivity index is 1.68. The van der Waals surface area contributed by atoms with Gasteiger partial charge in [-0.15, -0.1) is 11.3 Å². The lowest BCUT2D eigenvalue weighted by Crippen LogP contribution is -2.47. The summed E-state index contributed by atoms with van der Waals surface area (Å²) in [5.74, 6) is -0.554. The van der Waals surface area contributed by atoms with Crippen molar-refractivity contribution in [2.75, 3.05) is 27.2 Å². The Kier molecular flexibility index (Phi) is 16.1. The fraction of sp³-hybridized carbons (Fsp3) is 0.615. The fourth-order valence-corrected chi connectivity index (χ4v) is 7.52. The van der Waals surface area contributed by atoms with Crippen LogP contribution in [0.15, 0.2) is 47.4 Å². The van der Waals surface area contributed by atoms with Gasteiger partial charge in [-0.05, 0) is 70.5 Å². The number of Topliss-reactive ketones (excluding diaryl/α,β-unsaturated/α-hetero) is 1. The maximum absolute atomic E-state index is 14.0. The normalized spacial score (nSPS) is 18.0. The van der Waals surface area contributed by atoms with Crippen molar-refractivity contribution in [1.29, 1.82) is 0 Å². The number of ether oxygens (including phenoxy) is 1. The molecule has 1 aliphatic heterocycles. The minimum Gasteiger partial charge on any atom is -0.463 e. The van der Waals surface area contributed by atoms with Gasteiger partial charge in [-0.3, -0.25) is 19.3 Å². The number of hydrogen-bond donors (Lipinski definition) is 1. The van der Waals surface area contributed by atoms with Crippen LogP contribution in [0.1, 0.15) is 101 Å². The monoisotopic (exact) mass is 694 g/mol. The van der Waals surface area contributed by atoms with Gasteiger partial charge in [0.05, 0.1) is 23.7 Å². The van der Waals surface area contributed by atoms with Crippen LogP contribution in [0.3, 0.4) is 0 Å². The van der Waals surface area contributed by atoms with Gasteiger partial charge in [0.2, 0.25) is 5.91 Å². The summed E-state index contributed by atoms with van der Waals surface area (Å²) in [6.45, 7) is 13.1. The largest absolute Gasteiger partial charge is 0.463 e. The molecule has 1 aromatic carbocycles. The zero-order valence-corrected chi connectivity index (χ0v) is 31.7. The number of esters is 1. The summed E-state index contributed by atoms with van der Waals surface area (Å²) < 4.78 is 5.15. The predicted molar refractivity (Wildman–Crippen MR) is 196 cm³/mol. The lowest BCUT2D eigenvalue weighted by molar-refractivity contribution is -0.142. The molecule has 0 unspecified atom stereocenters. The third kappa shape index (κ3) is 11.9. The number of aromatic nitrogens is 1. The second-order valence-electron chi connectivity index (χ2n) is 13.9. The number of nitrogens with one attached hydrogen (secondary N) is 1. The van der Waals surface area contributed by atoms with Gasteiger partial charge in [-0.2, -0.15) is 0 Å². The highest BCUT2D eigenvalue weighted by Gasteiger charge is 2.36. The first-order chi connectivity index (χ1) is 23.4. The smallest absolute Gasteiger partial charge is 0.333 e. The minimum atomic E-state index is -0.432. The third-order valence-corrected chi connectivity index (χ3v) is 10.8. The molecule has 0 radical (unpaired) electrons. The number of carbonyl (C=O) groups excluding carboxylic acids is 4. The van der Waals surface area contributed by atoms with E-state index in [0.717, 1.165) is 42.8 Å². The second-order valence-corrected chi connectivity index (χ2v) is 14.9. The van der Waals surface area contributed by atoms with Crippen molar-refractivity contribution in [3.8, 4) is 0 Å². The van der Waals surface area contributed by atoms with Gasteiger partial charge >= 0.3 is 5.97 Å². The number of thiazole rings is 1. The van der Waals surface area contributed by atoms with E-state index < -0.39 is 12.0 Å². The number of piperidine rings is 1. The molecule has 1 aliphatic rings. The van der Waals surface area contributed by atoms with E-state index in [9.17, 15) is 19.2 Å². The number of ketones is 1. The van der Waals surface area contributed by atoms with Crippen LogP contribution in [0, 0.1) is 17.8 Å². The molecule has 0 bridgehead atoms. The summed E-state index contributed by atoms with van der Waals surface area (Å²) in [5.41, 5.74) is 1.79. The highest BCUT2D eigenvalue weighted by atomic mass is 32.1. The summed E-state index contributed by atoms with van der Waals surface area (Å²) in [6.07, 6.45) is 7.71. The highest BCUT2D eigenvalue weighted by molar-refractivity contribution is 7.09. The molecule has 270 valence electrons. The maximum Gasteiger partial charge on any atom is 0.333 e. The van der Waals surface area contributed by atoms with Crippen molar-refractivity contribution in [3.05, 3.63) is 63.6 Å². The van der Waals surface area contributed by atoms with Crippen molar-refractivity contribution < 1.29 is 23.9 Å². The van der Waals surface area contributed by atoms with Crippen molar-refractivity contribution in [2.24, 2.45) is 17.8 Å². The summed E-state index contributed by atoms with van der Waals surface area (Å²) in [4.78, 5) is 61.8. The van der Waals surface area contributed by atoms with Crippen LogP contribution in [0.2, 0.25) is 0 Å². The van der Waals surface area contributed by atoms with E-state index in [0.29, 0.717) is 30.5 Å². The highest BCUT2D eigenvalue weighted by Crippen LogP contribution is 2.28. The molecule has 49 heavy (non-hydrogen) atoms. The number of aryl methyl sites for hydroxylation is 1. The van der Waals surface area contributed by atoms with Gasteiger partial charge in [-0.1, -0.05) is 76.9 Å². The van der Waals surface area contributed by atoms with Crippen LogP contribution in [-0.2, 0) is 32.0 Å². The maximum atomic E-state index is 14.0. The van der Waals surface area contributed by atoms with Crippen molar-refractivity contribution in [3.63, 3.8) is 0 Å². The number of benzene rings is 1. The number of likely N-dealkylation sites (N-methyl/N-ethyl adjacent to an activating group) is 1.